The third-order valence-corrected chi connectivity index (χ3v) is 3.18. The molecular weight excluding hydrogens is 258 g/mol. The fourth-order valence-electron chi connectivity index (χ4n) is 2.29. The molecule has 0 atom stereocenters. The summed E-state index contributed by atoms with van der Waals surface area (Å²) in [7, 11) is 0. The number of aliphatic hydroxyl groups is 1. The lowest BCUT2D eigenvalue weighted by Crippen LogP contribution is -2.07. The molecule has 6 nitrogen and oxygen atoms in total. The first-order valence-electron chi connectivity index (χ1n) is 6.19. The standard InChI is InChI=1S/C14H13N3O3/c18-6-5-17-13(7-12(16-17)14(19)20)10-8-15-11-4-2-1-3-9(10)11/h1-4,7-8,15,18H,5-6H2,(H,19,20). The number of aliphatic hydroxyl groups excluding tert-OH is 1. The van der Waals surface area contributed by atoms with E-state index in [1.165, 1.54) is 10.7 Å². The third-order valence-electron chi connectivity index (χ3n) is 3.18. The zero-order valence-corrected chi connectivity index (χ0v) is 10.6. The zero-order valence-electron chi connectivity index (χ0n) is 10.6. The average Bonchev–Trinajstić information content (AvgIpc) is 3.02. The summed E-state index contributed by atoms with van der Waals surface area (Å²) in [5, 5.41) is 23.1. The maximum atomic E-state index is 11.1. The molecule has 0 fully saturated rings. The number of nitrogens with one attached hydrogen (secondary N) is 1. The Balaban J connectivity index is 2.19. The van der Waals surface area contributed by atoms with Crippen molar-refractivity contribution in [1.29, 1.82) is 0 Å². The minimum atomic E-state index is -1.08. The maximum Gasteiger partial charge on any atom is 0.356 e. The number of nitrogens with zero attached hydrogens (tertiary/aromatic N) is 2. The smallest absolute Gasteiger partial charge is 0.356 e. The molecule has 20 heavy (non-hydrogen) atoms. The van der Waals surface area contributed by atoms with Crippen molar-refractivity contribution in [3.8, 4) is 11.3 Å². The number of aromatic nitrogens is 3. The second-order valence-corrected chi connectivity index (χ2v) is 4.41. The number of rotatable bonds is 4. The summed E-state index contributed by atoms with van der Waals surface area (Å²) in [6.45, 7) is 0.151. The molecule has 3 N–H and O–H groups in total. The number of hydrogen-bond donors (Lipinski definition) is 3. The van der Waals surface area contributed by atoms with E-state index in [1.807, 2.05) is 30.5 Å². The van der Waals surface area contributed by atoms with Crippen LogP contribution in [0.3, 0.4) is 0 Å². The average molecular weight is 271 g/mol. The van der Waals surface area contributed by atoms with Crippen LogP contribution in [-0.2, 0) is 6.54 Å². The molecule has 0 aliphatic heterocycles. The van der Waals surface area contributed by atoms with Gasteiger partial charge < -0.3 is 15.2 Å². The van der Waals surface area contributed by atoms with Gasteiger partial charge in [0.05, 0.1) is 18.8 Å². The van der Waals surface area contributed by atoms with Gasteiger partial charge in [-0.15, -0.1) is 0 Å². The van der Waals surface area contributed by atoms with Gasteiger partial charge in [-0.3, -0.25) is 4.68 Å². The number of aromatic carboxylic acids is 1. The van der Waals surface area contributed by atoms with E-state index < -0.39 is 5.97 Å². The molecule has 0 aliphatic rings. The van der Waals surface area contributed by atoms with Crippen molar-refractivity contribution in [2.75, 3.05) is 6.61 Å². The van der Waals surface area contributed by atoms with Gasteiger partial charge in [0.1, 0.15) is 0 Å². The van der Waals surface area contributed by atoms with E-state index >= 15 is 0 Å². The van der Waals surface area contributed by atoms with E-state index in [1.54, 1.807) is 0 Å². The van der Waals surface area contributed by atoms with Gasteiger partial charge in [0.15, 0.2) is 5.69 Å². The van der Waals surface area contributed by atoms with Crippen molar-refractivity contribution in [2.24, 2.45) is 0 Å². The highest BCUT2D eigenvalue weighted by Gasteiger charge is 2.16. The summed E-state index contributed by atoms with van der Waals surface area (Å²) in [5.41, 5.74) is 2.48. The number of carbonyl (C=O) groups is 1. The molecular formula is C14H13N3O3. The highest BCUT2D eigenvalue weighted by molar-refractivity contribution is 5.96. The molecule has 0 amide bonds. The van der Waals surface area contributed by atoms with Crippen LogP contribution in [0.2, 0.25) is 0 Å². The molecule has 1 aromatic carbocycles. The lowest BCUT2D eigenvalue weighted by molar-refractivity contribution is 0.0689. The lowest BCUT2D eigenvalue weighted by Gasteiger charge is -2.04. The molecule has 102 valence electrons. The first-order chi connectivity index (χ1) is 9.70. The van der Waals surface area contributed by atoms with E-state index in [0.29, 0.717) is 5.69 Å². The minimum Gasteiger partial charge on any atom is -0.476 e. The molecule has 0 spiro atoms. The molecule has 0 radical (unpaired) electrons. The van der Waals surface area contributed by atoms with Crippen LogP contribution in [0.1, 0.15) is 10.5 Å². The largest absolute Gasteiger partial charge is 0.476 e. The van der Waals surface area contributed by atoms with Crippen molar-refractivity contribution >= 4 is 16.9 Å². The fourth-order valence-corrected chi connectivity index (χ4v) is 2.29. The van der Waals surface area contributed by atoms with Crippen LogP contribution < -0.4 is 0 Å². The quantitative estimate of drug-likeness (QED) is 0.673. The summed E-state index contributed by atoms with van der Waals surface area (Å²) in [4.78, 5) is 14.2. The number of carboxylic acid groups (broad SMARTS) is 1. The van der Waals surface area contributed by atoms with E-state index in [-0.39, 0.29) is 18.8 Å². The van der Waals surface area contributed by atoms with Gasteiger partial charge in [-0.05, 0) is 12.1 Å². The van der Waals surface area contributed by atoms with Crippen molar-refractivity contribution in [2.45, 2.75) is 6.54 Å². The number of aromatic amines is 1. The van der Waals surface area contributed by atoms with Crippen LogP contribution in [-0.4, -0.2) is 37.6 Å². The molecule has 3 aromatic rings. The number of hydrogen-bond acceptors (Lipinski definition) is 3. The van der Waals surface area contributed by atoms with Gasteiger partial charge in [-0.25, -0.2) is 4.79 Å². The third kappa shape index (κ3) is 1.96. The molecule has 0 saturated heterocycles. The molecule has 2 heterocycles. The van der Waals surface area contributed by atoms with Crippen molar-refractivity contribution < 1.29 is 15.0 Å². The van der Waals surface area contributed by atoms with Gasteiger partial charge in [0.25, 0.3) is 0 Å². The summed E-state index contributed by atoms with van der Waals surface area (Å²) >= 11 is 0. The first kappa shape index (κ1) is 12.4. The summed E-state index contributed by atoms with van der Waals surface area (Å²) < 4.78 is 1.51. The lowest BCUT2D eigenvalue weighted by atomic mass is 10.1. The predicted octanol–water partition coefficient (Wildman–Crippen LogP) is 1.72. The van der Waals surface area contributed by atoms with Crippen molar-refractivity contribution in [3.05, 3.63) is 42.2 Å². The topological polar surface area (TPSA) is 91.1 Å². The van der Waals surface area contributed by atoms with Crippen molar-refractivity contribution in [1.82, 2.24) is 14.8 Å². The van der Waals surface area contributed by atoms with Crippen molar-refractivity contribution in [3.63, 3.8) is 0 Å². The van der Waals surface area contributed by atoms with E-state index in [9.17, 15) is 4.79 Å². The van der Waals surface area contributed by atoms with Gasteiger partial charge >= 0.3 is 5.97 Å². The van der Waals surface area contributed by atoms with Crippen LogP contribution in [0.15, 0.2) is 36.5 Å². The minimum absolute atomic E-state index is 0.0290. The molecule has 6 heteroatoms. The molecule has 3 rings (SSSR count). The fraction of sp³-hybridized carbons (Fsp3) is 0.143. The Morgan fingerprint density at radius 1 is 1.35 bits per heavy atom. The Bertz CT molecular complexity index is 773. The summed E-state index contributed by atoms with van der Waals surface area (Å²) in [5.74, 6) is -1.08. The number of benzene rings is 1. The number of carboxylic acids is 1. The molecule has 2 aromatic heterocycles. The number of fused-ring (bicyclic) bond motifs is 1. The summed E-state index contributed by atoms with van der Waals surface area (Å²) in [6.07, 6.45) is 1.82. The highest BCUT2D eigenvalue weighted by atomic mass is 16.4. The molecule has 0 bridgehead atoms. The summed E-state index contributed by atoms with van der Waals surface area (Å²) in [6, 6.07) is 9.27. The predicted molar refractivity (Wildman–Crippen MR) is 73.6 cm³/mol. The molecule has 0 aliphatic carbocycles. The van der Waals surface area contributed by atoms with Crippen LogP contribution in [0.25, 0.3) is 22.2 Å². The normalized spacial score (nSPS) is 11.1. The zero-order chi connectivity index (χ0) is 14.1. The Morgan fingerprint density at radius 2 is 2.15 bits per heavy atom. The first-order valence-corrected chi connectivity index (χ1v) is 6.19. The van der Waals surface area contributed by atoms with Crippen LogP contribution >= 0.6 is 0 Å². The Labute approximate surface area is 114 Å². The highest BCUT2D eigenvalue weighted by Crippen LogP contribution is 2.29. The Kier molecular flexibility index (Phi) is 3.00. The SMILES string of the molecule is O=C(O)c1cc(-c2c[nH]c3ccccc23)n(CCO)n1. The number of para-hydroxylation sites is 1. The second kappa shape index (κ2) is 4.82. The molecule has 0 saturated carbocycles. The monoisotopic (exact) mass is 271 g/mol. The van der Waals surface area contributed by atoms with Gasteiger partial charge in [-0.1, -0.05) is 18.2 Å². The van der Waals surface area contributed by atoms with Crippen LogP contribution in [0, 0.1) is 0 Å². The maximum absolute atomic E-state index is 11.1. The molecule has 0 unspecified atom stereocenters. The Hall–Kier alpha value is -2.60. The van der Waals surface area contributed by atoms with Gasteiger partial charge in [-0.2, -0.15) is 5.10 Å². The Morgan fingerprint density at radius 3 is 2.90 bits per heavy atom. The van der Waals surface area contributed by atoms with E-state index in [0.717, 1.165) is 16.5 Å². The van der Waals surface area contributed by atoms with Crippen LogP contribution in [0.4, 0.5) is 0 Å². The second-order valence-electron chi connectivity index (χ2n) is 4.41. The van der Waals surface area contributed by atoms with Gasteiger partial charge in [0.2, 0.25) is 0 Å². The van der Waals surface area contributed by atoms with E-state index in [4.69, 9.17) is 10.2 Å². The van der Waals surface area contributed by atoms with Crippen LogP contribution in [0.5, 0.6) is 0 Å². The van der Waals surface area contributed by atoms with E-state index in [2.05, 4.69) is 10.1 Å². The van der Waals surface area contributed by atoms with Gasteiger partial charge in [0, 0.05) is 22.7 Å². The number of H-pyrrole nitrogens is 1.